The Morgan fingerprint density at radius 3 is 2.26 bits per heavy atom. The molecule has 0 fully saturated rings. The summed E-state index contributed by atoms with van der Waals surface area (Å²) in [6.07, 6.45) is 0. The number of carbonyl (C=O) groups is 2. The molecule has 0 aliphatic carbocycles. The van der Waals surface area contributed by atoms with E-state index in [1.165, 1.54) is 31.4 Å². The van der Waals surface area contributed by atoms with Crippen molar-refractivity contribution in [3.63, 3.8) is 0 Å². The molecular formula is C24H18ClFN2O3. The van der Waals surface area contributed by atoms with Crippen molar-refractivity contribution in [2.24, 2.45) is 0 Å². The molecule has 7 heteroatoms. The van der Waals surface area contributed by atoms with Crippen LogP contribution in [0.3, 0.4) is 0 Å². The molecule has 1 aliphatic rings. The van der Waals surface area contributed by atoms with E-state index in [9.17, 15) is 14.0 Å². The van der Waals surface area contributed by atoms with Crippen molar-refractivity contribution < 1.29 is 18.7 Å². The van der Waals surface area contributed by atoms with Gasteiger partial charge >= 0.3 is 0 Å². The van der Waals surface area contributed by atoms with E-state index >= 15 is 0 Å². The quantitative estimate of drug-likeness (QED) is 0.559. The van der Waals surface area contributed by atoms with Crippen molar-refractivity contribution in [2.45, 2.75) is 6.92 Å². The zero-order valence-electron chi connectivity index (χ0n) is 16.8. The molecule has 0 radical (unpaired) electrons. The van der Waals surface area contributed by atoms with Gasteiger partial charge in [0, 0.05) is 10.7 Å². The summed E-state index contributed by atoms with van der Waals surface area (Å²) in [5, 5.41) is 3.61. The Kier molecular flexibility index (Phi) is 5.48. The summed E-state index contributed by atoms with van der Waals surface area (Å²) >= 11 is 6.22. The lowest BCUT2D eigenvalue weighted by Gasteiger charge is -2.16. The van der Waals surface area contributed by atoms with E-state index in [0.717, 1.165) is 10.5 Å². The Bertz CT molecular complexity index is 1200. The van der Waals surface area contributed by atoms with E-state index in [1.807, 2.05) is 6.92 Å². The van der Waals surface area contributed by atoms with E-state index in [-0.39, 0.29) is 11.3 Å². The van der Waals surface area contributed by atoms with E-state index < -0.39 is 17.6 Å². The van der Waals surface area contributed by atoms with Gasteiger partial charge in [-0.2, -0.15) is 0 Å². The van der Waals surface area contributed by atoms with Crippen molar-refractivity contribution in [2.75, 3.05) is 17.3 Å². The van der Waals surface area contributed by atoms with Gasteiger partial charge in [0.05, 0.1) is 18.4 Å². The number of methoxy groups -OCH3 is 1. The fourth-order valence-corrected chi connectivity index (χ4v) is 3.55. The Morgan fingerprint density at radius 1 is 0.935 bits per heavy atom. The maximum absolute atomic E-state index is 13.5. The van der Waals surface area contributed by atoms with Gasteiger partial charge in [0.2, 0.25) is 0 Å². The molecule has 156 valence electrons. The summed E-state index contributed by atoms with van der Waals surface area (Å²) in [6, 6.07) is 17.3. The maximum Gasteiger partial charge on any atom is 0.282 e. The fourth-order valence-electron chi connectivity index (χ4n) is 3.37. The molecule has 5 nitrogen and oxygen atoms in total. The lowest BCUT2D eigenvalue weighted by molar-refractivity contribution is -0.120. The van der Waals surface area contributed by atoms with Crippen LogP contribution in [0.25, 0.3) is 5.57 Å². The number of imide groups is 1. The average molecular weight is 437 g/mol. The lowest BCUT2D eigenvalue weighted by Crippen LogP contribution is -2.32. The molecule has 0 bridgehead atoms. The summed E-state index contributed by atoms with van der Waals surface area (Å²) in [7, 11) is 1.53. The van der Waals surface area contributed by atoms with Crippen LogP contribution in [-0.4, -0.2) is 18.9 Å². The van der Waals surface area contributed by atoms with E-state index in [4.69, 9.17) is 16.3 Å². The molecule has 1 N–H and O–H groups in total. The van der Waals surface area contributed by atoms with Gasteiger partial charge in [0.1, 0.15) is 17.3 Å². The number of carbonyl (C=O) groups excluding carboxylic acids is 2. The van der Waals surface area contributed by atoms with Gasteiger partial charge in [-0.1, -0.05) is 29.8 Å². The van der Waals surface area contributed by atoms with Crippen molar-refractivity contribution >= 4 is 40.4 Å². The largest absolute Gasteiger partial charge is 0.497 e. The highest BCUT2D eigenvalue weighted by molar-refractivity contribution is 6.46. The Labute approximate surface area is 183 Å². The molecule has 1 heterocycles. The third-order valence-corrected chi connectivity index (χ3v) is 5.48. The Hall–Kier alpha value is -3.64. The Balaban J connectivity index is 1.82. The number of nitrogens with zero attached hydrogens (tertiary/aromatic N) is 1. The number of rotatable bonds is 5. The third kappa shape index (κ3) is 3.78. The predicted molar refractivity (Wildman–Crippen MR) is 119 cm³/mol. The average Bonchev–Trinajstić information content (AvgIpc) is 3.01. The number of hydrogen-bond acceptors (Lipinski definition) is 4. The molecule has 0 saturated carbocycles. The first-order chi connectivity index (χ1) is 14.9. The molecule has 0 atom stereocenters. The van der Waals surface area contributed by atoms with E-state index in [0.29, 0.717) is 27.7 Å². The monoisotopic (exact) mass is 436 g/mol. The van der Waals surface area contributed by atoms with Gasteiger partial charge in [-0.15, -0.1) is 0 Å². The first-order valence-corrected chi connectivity index (χ1v) is 9.83. The van der Waals surface area contributed by atoms with Crippen LogP contribution in [0.4, 0.5) is 15.8 Å². The first-order valence-electron chi connectivity index (χ1n) is 9.46. The van der Waals surface area contributed by atoms with Gasteiger partial charge in [-0.3, -0.25) is 9.59 Å². The van der Waals surface area contributed by atoms with Crippen molar-refractivity contribution in [3.8, 4) is 5.75 Å². The molecule has 31 heavy (non-hydrogen) atoms. The summed E-state index contributed by atoms with van der Waals surface area (Å²) < 4.78 is 18.6. The SMILES string of the molecule is COc1ccc(N2C(=O)C(Nc3cccc(Cl)c3C)=C(c3ccc(F)cc3)C2=O)cc1. The molecule has 0 spiro atoms. The van der Waals surface area contributed by atoms with Crippen LogP contribution in [0.15, 0.2) is 72.4 Å². The molecule has 0 unspecified atom stereocenters. The second-order valence-electron chi connectivity index (χ2n) is 6.94. The van der Waals surface area contributed by atoms with Crippen molar-refractivity contribution in [3.05, 3.63) is 94.4 Å². The smallest absolute Gasteiger partial charge is 0.282 e. The normalized spacial score (nSPS) is 13.7. The van der Waals surface area contributed by atoms with Crippen LogP contribution in [0.2, 0.25) is 5.02 Å². The summed E-state index contributed by atoms with van der Waals surface area (Å²) in [5.41, 5.74) is 2.41. The van der Waals surface area contributed by atoms with Crippen LogP contribution < -0.4 is 15.0 Å². The summed E-state index contributed by atoms with van der Waals surface area (Å²) in [4.78, 5) is 27.8. The van der Waals surface area contributed by atoms with Crippen LogP contribution in [0, 0.1) is 12.7 Å². The second-order valence-corrected chi connectivity index (χ2v) is 7.35. The standard InChI is InChI=1S/C24H18ClFN2O3/c1-14-19(25)4-3-5-20(14)27-22-21(15-6-8-16(26)9-7-15)23(29)28(24(22)30)17-10-12-18(31-2)13-11-17/h3-13,27H,1-2H3. The van der Waals surface area contributed by atoms with Gasteiger partial charge < -0.3 is 10.1 Å². The first kappa shape index (κ1) is 20.6. The second kappa shape index (κ2) is 8.24. The molecule has 0 aromatic heterocycles. The minimum absolute atomic E-state index is 0.0952. The lowest BCUT2D eigenvalue weighted by atomic mass is 10.0. The van der Waals surface area contributed by atoms with Crippen LogP contribution in [0.5, 0.6) is 5.75 Å². The van der Waals surface area contributed by atoms with E-state index in [1.54, 1.807) is 42.5 Å². The Morgan fingerprint density at radius 2 is 1.61 bits per heavy atom. The van der Waals surface area contributed by atoms with Crippen LogP contribution >= 0.6 is 11.6 Å². The van der Waals surface area contributed by atoms with Crippen molar-refractivity contribution in [1.82, 2.24) is 0 Å². The maximum atomic E-state index is 13.5. The van der Waals surface area contributed by atoms with Crippen LogP contribution in [0.1, 0.15) is 11.1 Å². The molecular weight excluding hydrogens is 419 g/mol. The number of hydrogen-bond donors (Lipinski definition) is 1. The molecule has 3 aromatic rings. The molecule has 4 rings (SSSR count). The highest BCUT2D eigenvalue weighted by atomic mass is 35.5. The number of nitrogens with one attached hydrogen (secondary N) is 1. The third-order valence-electron chi connectivity index (χ3n) is 5.07. The highest BCUT2D eigenvalue weighted by Crippen LogP contribution is 2.35. The summed E-state index contributed by atoms with van der Waals surface area (Å²) in [6.45, 7) is 1.81. The summed E-state index contributed by atoms with van der Waals surface area (Å²) in [5.74, 6) is -0.867. The van der Waals surface area contributed by atoms with Gasteiger partial charge in [-0.05, 0) is 66.6 Å². The van der Waals surface area contributed by atoms with Crippen molar-refractivity contribution in [1.29, 1.82) is 0 Å². The van der Waals surface area contributed by atoms with E-state index in [2.05, 4.69) is 5.32 Å². The minimum Gasteiger partial charge on any atom is -0.497 e. The minimum atomic E-state index is -0.520. The van der Waals surface area contributed by atoms with Gasteiger partial charge in [0.15, 0.2) is 0 Å². The molecule has 3 aromatic carbocycles. The molecule has 2 amide bonds. The van der Waals surface area contributed by atoms with Gasteiger partial charge in [-0.25, -0.2) is 9.29 Å². The highest BCUT2D eigenvalue weighted by Gasteiger charge is 2.40. The fraction of sp³-hybridized carbons (Fsp3) is 0.0833. The predicted octanol–water partition coefficient (Wildman–Crippen LogP) is 5.19. The molecule has 1 aliphatic heterocycles. The number of anilines is 2. The van der Waals surface area contributed by atoms with Gasteiger partial charge in [0.25, 0.3) is 11.8 Å². The number of amides is 2. The molecule has 0 saturated heterocycles. The number of ether oxygens (including phenoxy) is 1. The zero-order valence-corrected chi connectivity index (χ0v) is 17.5. The zero-order chi connectivity index (χ0) is 22.1. The van der Waals surface area contributed by atoms with Crippen LogP contribution in [-0.2, 0) is 9.59 Å². The number of benzene rings is 3. The topological polar surface area (TPSA) is 58.6 Å². The number of halogens is 2.